The molecule has 1 fully saturated rings. The highest BCUT2D eigenvalue weighted by Gasteiger charge is 2.33. The second-order valence-electron chi connectivity index (χ2n) is 7.43. The highest BCUT2D eigenvalue weighted by Crippen LogP contribution is 2.44. The van der Waals surface area contributed by atoms with Gasteiger partial charge in [-0.05, 0) is 82.6 Å². The molecule has 0 unspecified atom stereocenters. The lowest BCUT2D eigenvalue weighted by atomic mass is 9.87. The molecule has 3 heteroatoms. The predicted octanol–water partition coefficient (Wildman–Crippen LogP) is 3.88. The smallest absolute Gasteiger partial charge is 0.142 e. The summed E-state index contributed by atoms with van der Waals surface area (Å²) in [6.45, 7) is 11.8. The van der Waals surface area contributed by atoms with E-state index in [-0.39, 0.29) is 11.6 Å². The number of hydrogen-bond acceptors (Lipinski definition) is 3. The zero-order chi connectivity index (χ0) is 16.1. The van der Waals surface area contributed by atoms with Crippen LogP contribution in [0.2, 0.25) is 0 Å². The van der Waals surface area contributed by atoms with Crippen LogP contribution in [-0.4, -0.2) is 24.5 Å². The summed E-state index contributed by atoms with van der Waals surface area (Å²) in [5.74, 6) is 1.08. The number of carbonyl (C=O) groups is 1. The molecule has 22 heavy (non-hydrogen) atoms. The maximum absolute atomic E-state index is 11.4. The van der Waals surface area contributed by atoms with Gasteiger partial charge in [0.25, 0.3) is 0 Å². The minimum Gasteiger partial charge on any atom is -0.487 e. The van der Waals surface area contributed by atoms with Crippen molar-refractivity contribution in [3.05, 3.63) is 22.3 Å². The van der Waals surface area contributed by atoms with E-state index in [2.05, 4.69) is 39.5 Å². The van der Waals surface area contributed by atoms with E-state index in [1.807, 2.05) is 0 Å². The van der Waals surface area contributed by atoms with Crippen LogP contribution in [0.4, 0.5) is 5.69 Å². The van der Waals surface area contributed by atoms with Gasteiger partial charge in [-0.15, -0.1) is 0 Å². The van der Waals surface area contributed by atoms with Gasteiger partial charge in [0.1, 0.15) is 17.6 Å². The Morgan fingerprint density at radius 1 is 1.18 bits per heavy atom. The molecule has 1 aromatic carbocycles. The Morgan fingerprint density at radius 3 is 2.59 bits per heavy atom. The van der Waals surface area contributed by atoms with E-state index in [0.29, 0.717) is 0 Å². The fourth-order valence-electron chi connectivity index (χ4n) is 4.00. The van der Waals surface area contributed by atoms with Gasteiger partial charge in [0.15, 0.2) is 0 Å². The number of hydrogen-bond donors (Lipinski definition) is 0. The van der Waals surface area contributed by atoms with E-state index in [1.165, 1.54) is 27.9 Å². The van der Waals surface area contributed by atoms with Gasteiger partial charge in [-0.2, -0.15) is 0 Å². The van der Waals surface area contributed by atoms with E-state index < -0.39 is 0 Å². The average molecular weight is 301 g/mol. The number of nitrogens with zero attached hydrogens (tertiary/aromatic N) is 1. The Bertz CT molecular complexity index is 619. The molecule has 0 aliphatic carbocycles. The lowest BCUT2D eigenvalue weighted by Gasteiger charge is -2.37. The van der Waals surface area contributed by atoms with Crippen molar-refractivity contribution in [2.75, 3.05) is 11.4 Å². The molecule has 0 N–H and O–H groups in total. The summed E-state index contributed by atoms with van der Waals surface area (Å²) in [4.78, 5) is 13.7. The maximum Gasteiger partial charge on any atom is 0.142 e. The van der Waals surface area contributed by atoms with Crippen LogP contribution >= 0.6 is 0 Å². The summed E-state index contributed by atoms with van der Waals surface area (Å²) < 4.78 is 6.29. The van der Waals surface area contributed by atoms with Crippen LogP contribution in [0.15, 0.2) is 0 Å². The lowest BCUT2D eigenvalue weighted by molar-refractivity contribution is -0.108. The highest BCUT2D eigenvalue weighted by atomic mass is 16.5. The number of rotatable bonds is 2. The molecule has 0 spiro atoms. The molecule has 0 bridgehead atoms. The van der Waals surface area contributed by atoms with Crippen molar-refractivity contribution in [1.82, 2.24) is 0 Å². The fraction of sp³-hybridized carbons (Fsp3) is 0.632. The number of ether oxygens (including phenoxy) is 1. The van der Waals surface area contributed by atoms with Gasteiger partial charge in [0.05, 0.1) is 6.04 Å². The molecule has 3 nitrogen and oxygen atoms in total. The van der Waals surface area contributed by atoms with E-state index in [9.17, 15) is 4.79 Å². The average Bonchev–Trinajstić information content (AvgIpc) is 2.92. The van der Waals surface area contributed by atoms with Crippen LogP contribution < -0.4 is 9.64 Å². The molecule has 0 aromatic heterocycles. The lowest BCUT2D eigenvalue weighted by Crippen LogP contribution is -2.35. The van der Waals surface area contributed by atoms with E-state index in [0.717, 1.165) is 44.3 Å². The van der Waals surface area contributed by atoms with Gasteiger partial charge in [-0.25, -0.2) is 0 Å². The number of carbonyl (C=O) groups excluding carboxylic acids is 1. The van der Waals surface area contributed by atoms with Gasteiger partial charge in [0, 0.05) is 12.2 Å². The van der Waals surface area contributed by atoms with E-state index in [4.69, 9.17) is 4.74 Å². The second kappa shape index (κ2) is 5.29. The normalized spacial score (nSPS) is 23.1. The SMILES string of the molecule is Cc1c(C)c(N2CCC[C@H]2C=O)c(C)c2c1OC(C)(C)CC2. The summed E-state index contributed by atoms with van der Waals surface area (Å²) >= 11 is 0. The molecule has 1 atom stereocenters. The van der Waals surface area contributed by atoms with E-state index >= 15 is 0 Å². The van der Waals surface area contributed by atoms with Crippen LogP contribution in [0, 0.1) is 20.8 Å². The number of aldehydes is 1. The molecular weight excluding hydrogens is 274 g/mol. The predicted molar refractivity (Wildman–Crippen MR) is 90.1 cm³/mol. The molecular formula is C19H27NO2. The summed E-state index contributed by atoms with van der Waals surface area (Å²) in [7, 11) is 0. The molecule has 0 amide bonds. The largest absolute Gasteiger partial charge is 0.487 e. The molecule has 2 heterocycles. The number of fused-ring (bicyclic) bond motifs is 1. The molecule has 1 aromatic rings. The molecule has 1 saturated heterocycles. The molecule has 120 valence electrons. The van der Waals surface area contributed by atoms with Gasteiger partial charge in [-0.3, -0.25) is 0 Å². The zero-order valence-corrected chi connectivity index (χ0v) is 14.5. The quantitative estimate of drug-likeness (QED) is 0.776. The fourth-order valence-corrected chi connectivity index (χ4v) is 4.00. The number of benzene rings is 1. The maximum atomic E-state index is 11.4. The topological polar surface area (TPSA) is 29.5 Å². The Kier molecular flexibility index (Phi) is 3.70. The monoisotopic (exact) mass is 301 g/mol. The van der Waals surface area contributed by atoms with Crippen LogP contribution in [0.1, 0.15) is 55.4 Å². The van der Waals surface area contributed by atoms with Gasteiger partial charge < -0.3 is 14.4 Å². The molecule has 3 rings (SSSR count). The van der Waals surface area contributed by atoms with Gasteiger partial charge in [-0.1, -0.05) is 0 Å². The minimum atomic E-state index is -0.0862. The molecule has 2 aliphatic rings. The first kappa shape index (κ1) is 15.4. The highest BCUT2D eigenvalue weighted by molar-refractivity contribution is 5.75. The first-order valence-electron chi connectivity index (χ1n) is 8.39. The van der Waals surface area contributed by atoms with Gasteiger partial charge in [0.2, 0.25) is 0 Å². The van der Waals surface area contributed by atoms with Crippen molar-refractivity contribution < 1.29 is 9.53 Å². The Morgan fingerprint density at radius 2 is 1.91 bits per heavy atom. The van der Waals surface area contributed by atoms with Crippen LogP contribution in [0.25, 0.3) is 0 Å². The Labute approximate surface area is 133 Å². The Hall–Kier alpha value is -1.51. The molecule has 0 radical (unpaired) electrons. The second-order valence-corrected chi connectivity index (χ2v) is 7.43. The van der Waals surface area contributed by atoms with Crippen molar-refractivity contribution in [2.24, 2.45) is 0 Å². The third kappa shape index (κ3) is 2.31. The van der Waals surface area contributed by atoms with Crippen molar-refractivity contribution in [2.45, 2.75) is 71.9 Å². The van der Waals surface area contributed by atoms with Crippen molar-refractivity contribution in [1.29, 1.82) is 0 Å². The van der Waals surface area contributed by atoms with Crippen molar-refractivity contribution in [3.8, 4) is 5.75 Å². The van der Waals surface area contributed by atoms with Crippen LogP contribution in [-0.2, 0) is 11.2 Å². The minimum absolute atomic E-state index is 0.0378. The van der Waals surface area contributed by atoms with Gasteiger partial charge >= 0.3 is 0 Å². The summed E-state index contributed by atoms with van der Waals surface area (Å²) in [6, 6.07) is 0.0378. The number of anilines is 1. The first-order valence-corrected chi connectivity index (χ1v) is 8.39. The van der Waals surface area contributed by atoms with Crippen LogP contribution in [0.5, 0.6) is 5.75 Å². The summed E-state index contributed by atoms with van der Waals surface area (Å²) in [5.41, 5.74) is 6.34. The third-order valence-corrected chi connectivity index (χ3v) is 5.44. The first-order chi connectivity index (χ1) is 10.4. The van der Waals surface area contributed by atoms with Crippen molar-refractivity contribution >= 4 is 12.0 Å². The summed E-state index contributed by atoms with van der Waals surface area (Å²) in [6.07, 6.45) is 5.28. The zero-order valence-electron chi connectivity index (χ0n) is 14.5. The Balaban J connectivity index is 2.14. The van der Waals surface area contributed by atoms with Crippen molar-refractivity contribution in [3.63, 3.8) is 0 Å². The third-order valence-electron chi connectivity index (χ3n) is 5.44. The summed E-state index contributed by atoms with van der Waals surface area (Å²) in [5, 5.41) is 0. The van der Waals surface area contributed by atoms with E-state index in [1.54, 1.807) is 0 Å². The standard InChI is InChI=1S/C19H27NO2/c1-12-13(2)18-16(8-9-19(4,5)22-18)14(3)17(12)20-10-6-7-15(20)11-21/h11,15H,6-10H2,1-5H3/t15-/m0/s1. The molecule has 2 aliphatic heterocycles. The molecule has 0 saturated carbocycles. The van der Waals surface area contributed by atoms with Crippen LogP contribution in [0.3, 0.4) is 0 Å².